The van der Waals surface area contributed by atoms with Crippen LogP contribution in [0.4, 0.5) is 18.9 Å². The van der Waals surface area contributed by atoms with Gasteiger partial charge in [-0.25, -0.2) is 0 Å². The van der Waals surface area contributed by atoms with E-state index in [-0.39, 0.29) is 12.2 Å². The van der Waals surface area contributed by atoms with Crippen LogP contribution in [0.25, 0.3) is 0 Å². The van der Waals surface area contributed by atoms with Gasteiger partial charge in [0.1, 0.15) is 0 Å². The van der Waals surface area contributed by atoms with E-state index in [0.29, 0.717) is 16.2 Å². The van der Waals surface area contributed by atoms with Crippen molar-refractivity contribution in [1.29, 1.82) is 0 Å². The average Bonchev–Trinajstić information content (AvgIpc) is 2.81. The van der Waals surface area contributed by atoms with Crippen LogP contribution in [0.15, 0.2) is 29.3 Å². The first kappa shape index (κ1) is 16.3. The molecule has 0 aliphatic rings. The van der Waals surface area contributed by atoms with Gasteiger partial charge < -0.3 is 0 Å². The third-order valence-corrected chi connectivity index (χ3v) is 3.78. The molecule has 1 heterocycles. The van der Waals surface area contributed by atoms with Crippen LogP contribution < -0.4 is 0 Å². The second-order valence-electron chi connectivity index (χ2n) is 4.61. The van der Waals surface area contributed by atoms with Gasteiger partial charge in [-0.2, -0.15) is 18.3 Å². The second kappa shape index (κ2) is 5.99. The molecule has 0 bridgehead atoms. The zero-order chi connectivity index (χ0) is 16.5. The zero-order valence-electron chi connectivity index (χ0n) is 11.7. The third kappa shape index (κ3) is 3.41. The summed E-state index contributed by atoms with van der Waals surface area (Å²) in [5.74, 6) is 0. The minimum atomic E-state index is -4.50. The number of thioether (sulfide) groups is 1. The first-order valence-electron chi connectivity index (χ1n) is 6.15. The van der Waals surface area contributed by atoms with Crippen molar-refractivity contribution in [3.8, 4) is 0 Å². The fraction of sp³-hybridized carbons (Fsp3) is 0.308. The summed E-state index contributed by atoms with van der Waals surface area (Å²) >= 11 is 1.16. The van der Waals surface area contributed by atoms with E-state index in [1.807, 2.05) is 0 Å². The lowest BCUT2D eigenvalue weighted by molar-refractivity contribution is -0.385. The molecule has 2 rings (SSSR count). The highest BCUT2D eigenvalue weighted by Crippen LogP contribution is 2.31. The summed E-state index contributed by atoms with van der Waals surface area (Å²) in [7, 11) is 0. The average molecular weight is 331 g/mol. The van der Waals surface area contributed by atoms with Crippen LogP contribution in [0.1, 0.15) is 16.8 Å². The number of aromatic nitrogens is 2. The quantitative estimate of drug-likeness (QED) is 0.484. The molecule has 0 fully saturated rings. The lowest BCUT2D eigenvalue weighted by atomic mass is 10.1. The molecule has 0 spiro atoms. The van der Waals surface area contributed by atoms with Gasteiger partial charge in [0, 0.05) is 17.7 Å². The van der Waals surface area contributed by atoms with Crippen LogP contribution in [0.2, 0.25) is 0 Å². The number of hydrogen-bond acceptors (Lipinski definition) is 4. The molecule has 0 aliphatic heterocycles. The normalized spacial score (nSPS) is 11.7. The molecule has 118 valence electrons. The number of halogens is 3. The maximum atomic E-state index is 12.7. The number of rotatable bonds is 4. The Morgan fingerprint density at radius 3 is 2.55 bits per heavy atom. The predicted octanol–water partition coefficient (Wildman–Crippen LogP) is 3.89. The molecule has 0 N–H and O–H groups in total. The van der Waals surface area contributed by atoms with Gasteiger partial charge in [-0.15, -0.1) is 11.8 Å². The number of benzene rings is 1. The second-order valence-corrected chi connectivity index (χ2v) is 5.43. The number of nitro groups is 1. The van der Waals surface area contributed by atoms with Gasteiger partial charge in [0.25, 0.3) is 5.69 Å². The summed E-state index contributed by atoms with van der Waals surface area (Å²) in [6.45, 7) is 1.70. The van der Waals surface area contributed by atoms with E-state index in [9.17, 15) is 23.3 Å². The highest BCUT2D eigenvalue weighted by atomic mass is 32.2. The van der Waals surface area contributed by atoms with Crippen LogP contribution in [0.5, 0.6) is 0 Å². The van der Waals surface area contributed by atoms with Gasteiger partial charge in [-0.05, 0) is 24.8 Å². The van der Waals surface area contributed by atoms with Gasteiger partial charge in [0.2, 0.25) is 0 Å². The van der Waals surface area contributed by atoms with Gasteiger partial charge in [-0.3, -0.25) is 14.8 Å². The number of nitrogens with zero attached hydrogens (tertiary/aromatic N) is 3. The molecule has 22 heavy (non-hydrogen) atoms. The summed E-state index contributed by atoms with van der Waals surface area (Å²) < 4.78 is 39.4. The smallest absolute Gasteiger partial charge is 0.258 e. The fourth-order valence-electron chi connectivity index (χ4n) is 2.01. The standard InChI is InChI=1S/C13H12F3N3O2S/c1-8-5-9(3-4-10(8)19(20)21)7-18-12(22-2)6-11(17-18)13(14,15)16/h3-6H,7H2,1-2H3. The number of aryl methyl sites for hydroxylation is 1. The molecule has 0 atom stereocenters. The van der Waals surface area contributed by atoms with E-state index in [0.717, 1.165) is 17.8 Å². The highest BCUT2D eigenvalue weighted by molar-refractivity contribution is 7.98. The van der Waals surface area contributed by atoms with Crippen molar-refractivity contribution in [3.63, 3.8) is 0 Å². The SMILES string of the molecule is CSc1cc(C(F)(F)F)nn1Cc1ccc([N+](=O)[O-])c(C)c1. The van der Waals surface area contributed by atoms with Crippen LogP contribution in [-0.4, -0.2) is 21.0 Å². The maximum absolute atomic E-state index is 12.7. The van der Waals surface area contributed by atoms with E-state index in [4.69, 9.17) is 0 Å². The van der Waals surface area contributed by atoms with Crippen molar-refractivity contribution in [2.24, 2.45) is 0 Å². The third-order valence-electron chi connectivity index (χ3n) is 3.03. The van der Waals surface area contributed by atoms with Gasteiger partial charge >= 0.3 is 6.18 Å². The van der Waals surface area contributed by atoms with Crippen LogP contribution in [0.3, 0.4) is 0 Å². The van der Waals surface area contributed by atoms with Crippen LogP contribution in [-0.2, 0) is 12.7 Å². The highest BCUT2D eigenvalue weighted by Gasteiger charge is 2.34. The molecule has 1 aromatic carbocycles. The molecule has 9 heteroatoms. The monoisotopic (exact) mass is 331 g/mol. The Balaban J connectivity index is 2.33. The molecule has 5 nitrogen and oxygen atoms in total. The summed E-state index contributed by atoms with van der Waals surface area (Å²) in [6.07, 6.45) is -2.84. The van der Waals surface area contributed by atoms with Crippen molar-refractivity contribution in [2.45, 2.75) is 24.7 Å². The molecule has 0 amide bonds. The van der Waals surface area contributed by atoms with Crippen LogP contribution in [0, 0.1) is 17.0 Å². The van der Waals surface area contributed by atoms with Crippen LogP contribution >= 0.6 is 11.8 Å². The molecule has 1 aromatic heterocycles. The van der Waals surface area contributed by atoms with Crippen molar-refractivity contribution >= 4 is 17.4 Å². The predicted molar refractivity (Wildman–Crippen MR) is 75.9 cm³/mol. The summed E-state index contributed by atoms with van der Waals surface area (Å²) in [5, 5.41) is 14.7. The van der Waals surface area contributed by atoms with Crippen molar-refractivity contribution in [2.75, 3.05) is 6.26 Å². The van der Waals surface area contributed by atoms with Gasteiger partial charge in [-0.1, -0.05) is 6.07 Å². The van der Waals surface area contributed by atoms with E-state index < -0.39 is 16.8 Å². The fourth-order valence-corrected chi connectivity index (χ4v) is 2.56. The number of hydrogen-bond donors (Lipinski definition) is 0. The topological polar surface area (TPSA) is 61.0 Å². The molecular weight excluding hydrogens is 319 g/mol. The molecular formula is C13H12F3N3O2S. The van der Waals surface area contributed by atoms with Gasteiger partial charge in [0.05, 0.1) is 16.5 Å². The van der Waals surface area contributed by atoms with E-state index in [1.54, 1.807) is 19.2 Å². The van der Waals surface area contributed by atoms with Crippen molar-refractivity contribution in [1.82, 2.24) is 9.78 Å². The zero-order valence-corrected chi connectivity index (χ0v) is 12.5. The Hall–Kier alpha value is -2.03. The Morgan fingerprint density at radius 1 is 1.36 bits per heavy atom. The first-order valence-corrected chi connectivity index (χ1v) is 7.38. The van der Waals surface area contributed by atoms with Crippen molar-refractivity contribution in [3.05, 3.63) is 51.2 Å². The Labute approximate surface area is 128 Å². The van der Waals surface area contributed by atoms with Gasteiger partial charge in [0.15, 0.2) is 5.69 Å². The first-order chi connectivity index (χ1) is 10.2. The molecule has 0 unspecified atom stereocenters. The number of alkyl halides is 3. The Morgan fingerprint density at radius 2 is 2.05 bits per heavy atom. The molecule has 2 aromatic rings. The summed E-state index contributed by atoms with van der Waals surface area (Å²) in [4.78, 5) is 10.3. The van der Waals surface area contributed by atoms with Crippen molar-refractivity contribution < 1.29 is 18.1 Å². The Kier molecular flexibility index (Phi) is 4.45. The number of nitro benzene ring substituents is 1. The summed E-state index contributed by atoms with van der Waals surface area (Å²) in [5.41, 5.74) is 0.132. The maximum Gasteiger partial charge on any atom is 0.435 e. The molecule has 0 saturated carbocycles. The molecule has 0 saturated heterocycles. The Bertz CT molecular complexity index is 713. The van der Waals surface area contributed by atoms with E-state index in [1.165, 1.54) is 16.8 Å². The minimum Gasteiger partial charge on any atom is -0.258 e. The van der Waals surface area contributed by atoms with E-state index in [2.05, 4.69) is 5.10 Å². The largest absolute Gasteiger partial charge is 0.435 e. The summed E-state index contributed by atoms with van der Waals surface area (Å²) in [6, 6.07) is 5.43. The lowest BCUT2D eigenvalue weighted by Crippen LogP contribution is -2.09. The van der Waals surface area contributed by atoms with E-state index >= 15 is 0 Å². The molecule has 0 aliphatic carbocycles. The molecule has 0 radical (unpaired) electrons. The lowest BCUT2D eigenvalue weighted by Gasteiger charge is -2.07. The minimum absolute atomic E-state index is 0.0229.